The third kappa shape index (κ3) is 2.69. The molecular formula is C20H21N3O2. The number of carbonyl (C=O) groups is 2. The number of nitrogens with zero attached hydrogens (tertiary/aromatic N) is 2. The minimum absolute atomic E-state index is 0.00221. The van der Waals surface area contributed by atoms with Gasteiger partial charge in [-0.3, -0.25) is 14.6 Å². The zero-order valence-electron chi connectivity index (χ0n) is 14.0. The second kappa shape index (κ2) is 6.31. The SMILES string of the molecule is O=C(c1cccnc1)N1CCC2(CC1)C(=O)NC[C@H]2c1ccccc1. The Labute approximate surface area is 147 Å². The van der Waals surface area contributed by atoms with E-state index < -0.39 is 5.41 Å². The molecule has 4 rings (SSSR count). The van der Waals surface area contributed by atoms with Crippen molar-refractivity contribution in [2.45, 2.75) is 18.8 Å². The second-order valence-corrected chi connectivity index (χ2v) is 6.86. The first-order chi connectivity index (χ1) is 12.2. The van der Waals surface area contributed by atoms with E-state index in [4.69, 9.17) is 0 Å². The molecule has 5 heteroatoms. The van der Waals surface area contributed by atoms with Crippen molar-refractivity contribution < 1.29 is 9.59 Å². The molecule has 5 nitrogen and oxygen atoms in total. The van der Waals surface area contributed by atoms with Gasteiger partial charge in [-0.2, -0.15) is 0 Å². The summed E-state index contributed by atoms with van der Waals surface area (Å²) < 4.78 is 0. The normalized spacial score (nSPS) is 22.0. The molecule has 0 aliphatic carbocycles. The average Bonchev–Trinajstić information content (AvgIpc) is 2.99. The zero-order chi connectivity index (χ0) is 17.3. The van der Waals surface area contributed by atoms with Gasteiger partial charge in [0.15, 0.2) is 0 Å². The molecule has 3 heterocycles. The van der Waals surface area contributed by atoms with Gasteiger partial charge in [0.1, 0.15) is 0 Å². The van der Waals surface area contributed by atoms with Crippen LogP contribution in [-0.2, 0) is 4.79 Å². The zero-order valence-corrected chi connectivity index (χ0v) is 14.0. The molecule has 1 aromatic carbocycles. The van der Waals surface area contributed by atoms with Crippen molar-refractivity contribution in [1.82, 2.24) is 15.2 Å². The summed E-state index contributed by atoms with van der Waals surface area (Å²) in [7, 11) is 0. The van der Waals surface area contributed by atoms with Crippen molar-refractivity contribution in [3.8, 4) is 0 Å². The molecular weight excluding hydrogens is 314 g/mol. The van der Waals surface area contributed by atoms with Gasteiger partial charge in [-0.15, -0.1) is 0 Å². The van der Waals surface area contributed by atoms with Gasteiger partial charge < -0.3 is 10.2 Å². The summed E-state index contributed by atoms with van der Waals surface area (Å²) >= 11 is 0. The monoisotopic (exact) mass is 335 g/mol. The lowest BCUT2D eigenvalue weighted by Gasteiger charge is -2.41. The van der Waals surface area contributed by atoms with Crippen LogP contribution in [0.3, 0.4) is 0 Å². The summed E-state index contributed by atoms with van der Waals surface area (Å²) in [6, 6.07) is 13.8. The number of hydrogen-bond donors (Lipinski definition) is 1. The van der Waals surface area contributed by atoms with Crippen molar-refractivity contribution in [3.05, 3.63) is 66.0 Å². The summed E-state index contributed by atoms with van der Waals surface area (Å²) in [6.07, 6.45) is 4.66. The van der Waals surface area contributed by atoms with Crippen LogP contribution >= 0.6 is 0 Å². The quantitative estimate of drug-likeness (QED) is 0.915. The van der Waals surface area contributed by atoms with E-state index in [1.165, 1.54) is 5.56 Å². The molecule has 0 radical (unpaired) electrons. The minimum atomic E-state index is -0.396. The summed E-state index contributed by atoms with van der Waals surface area (Å²) in [4.78, 5) is 31.1. The van der Waals surface area contributed by atoms with Crippen LogP contribution in [0.2, 0.25) is 0 Å². The van der Waals surface area contributed by atoms with Gasteiger partial charge in [0.2, 0.25) is 5.91 Å². The molecule has 128 valence electrons. The van der Waals surface area contributed by atoms with E-state index in [1.54, 1.807) is 24.5 Å². The van der Waals surface area contributed by atoms with Gasteiger partial charge in [-0.1, -0.05) is 30.3 Å². The topological polar surface area (TPSA) is 62.3 Å². The van der Waals surface area contributed by atoms with Crippen molar-refractivity contribution in [3.63, 3.8) is 0 Å². The number of rotatable bonds is 2. The summed E-state index contributed by atoms with van der Waals surface area (Å²) in [5, 5.41) is 3.05. The number of aromatic nitrogens is 1. The van der Waals surface area contributed by atoms with E-state index in [9.17, 15) is 9.59 Å². The Morgan fingerprint density at radius 2 is 1.88 bits per heavy atom. The molecule has 1 aromatic heterocycles. The van der Waals surface area contributed by atoms with E-state index in [2.05, 4.69) is 22.4 Å². The predicted molar refractivity (Wildman–Crippen MR) is 94.0 cm³/mol. The third-order valence-corrected chi connectivity index (χ3v) is 5.64. The van der Waals surface area contributed by atoms with E-state index in [1.807, 2.05) is 23.1 Å². The van der Waals surface area contributed by atoms with Crippen molar-refractivity contribution >= 4 is 11.8 Å². The summed E-state index contributed by atoms with van der Waals surface area (Å²) in [6.45, 7) is 1.88. The lowest BCUT2D eigenvalue weighted by Crippen LogP contribution is -2.47. The van der Waals surface area contributed by atoms with Crippen molar-refractivity contribution in [2.24, 2.45) is 5.41 Å². The van der Waals surface area contributed by atoms with E-state index in [-0.39, 0.29) is 17.7 Å². The van der Waals surface area contributed by atoms with Crippen LogP contribution in [0.1, 0.15) is 34.7 Å². The van der Waals surface area contributed by atoms with Gasteiger partial charge in [0.05, 0.1) is 11.0 Å². The lowest BCUT2D eigenvalue weighted by molar-refractivity contribution is -0.130. The fourth-order valence-corrected chi connectivity index (χ4v) is 4.20. The molecule has 25 heavy (non-hydrogen) atoms. The van der Waals surface area contributed by atoms with Crippen molar-refractivity contribution in [1.29, 1.82) is 0 Å². The number of hydrogen-bond acceptors (Lipinski definition) is 3. The van der Waals surface area contributed by atoms with E-state index in [0.29, 0.717) is 38.0 Å². The van der Waals surface area contributed by atoms with Crippen molar-refractivity contribution in [2.75, 3.05) is 19.6 Å². The average molecular weight is 335 g/mol. The summed E-state index contributed by atoms with van der Waals surface area (Å²) in [5.74, 6) is 0.310. The Balaban J connectivity index is 1.53. The maximum Gasteiger partial charge on any atom is 0.255 e. The molecule has 2 aromatic rings. The Kier molecular flexibility index (Phi) is 3.99. The molecule has 2 fully saturated rings. The van der Waals surface area contributed by atoms with Crippen LogP contribution in [0, 0.1) is 5.41 Å². The molecule has 2 amide bonds. The third-order valence-electron chi connectivity index (χ3n) is 5.64. The number of carbonyl (C=O) groups excluding carboxylic acids is 2. The van der Waals surface area contributed by atoms with Crippen LogP contribution in [-0.4, -0.2) is 41.3 Å². The van der Waals surface area contributed by atoms with Gasteiger partial charge in [0, 0.05) is 37.9 Å². The fraction of sp³-hybridized carbons (Fsp3) is 0.350. The highest BCUT2D eigenvalue weighted by Gasteiger charge is 2.52. The van der Waals surface area contributed by atoms with E-state index >= 15 is 0 Å². The maximum atomic E-state index is 12.7. The lowest BCUT2D eigenvalue weighted by atomic mass is 9.68. The van der Waals surface area contributed by atoms with Gasteiger partial charge >= 0.3 is 0 Å². The Morgan fingerprint density at radius 1 is 1.12 bits per heavy atom. The van der Waals surface area contributed by atoms with Gasteiger partial charge in [-0.25, -0.2) is 0 Å². The largest absolute Gasteiger partial charge is 0.355 e. The van der Waals surface area contributed by atoms with Crippen LogP contribution in [0.4, 0.5) is 0 Å². The highest BCUT2D eigenvalue weighted by Crippen LogP contribution is 2.47. The summed E-state index contributed by atoms with van der Waals surface area (Å²) in [5.41, 5.74) is 1.41. The number of amides is 2. The van der Waals surface area contributed by atoms with Crippen LogP contribution < -0.4 is 5.32 Å². The Morgan fingerprint density at radius 3 is 2.56 bits per heavy atom. The van der Waals surface area contributed by atoms with E-state index in [0.717, 1.165) is 0 Å². The molecule has 2 saturated heterocycles. The molecule has 0 saturated carbocycles. The number of benzene rings is 1. The number of piperidine rings is 1. The number of likely N-dealkylation sites (tertiary alicyclic amines) is 1. The highest BCUT2D eigenvalue weighted by atomic mass is 16.2. The Hall–Kier alpha value is -2.69. The molecule has 1 N–H and O–H groups in total. The van der Waals surface area contributed by atoms with Crippen LogP contribution in [0.25, 0.3) is 0 Å². The minimum Gasteiger partial charge on any atom is -0.355 e. The smallest absolute Gasteiger partial charge is 0.255 e. The first-order valence-corrected chi connectivity index (χ1v) is 8.73. The van der Waals surface area contributed by atoms with Gasteiger partial charge in [0.25, 0.3) is 5.91 Å². The molecule has 2 aliphatic heterocycles. The molecule has 2 aliphatic rings. The molecule has 0 bridgehead atoms. The predicted octanol–water partition coefficient (Wildman–Crippen LogP) is 2.22. The Bertz CT molecular complexity index is 768. The first-order valence-electron chi connectivity index (χ1n) is 8.73. The first kappa shape index (κ1) is 15.8. The number of nitrogens with one attached hydrogen (secondary N) is 1. The number of pyridine rings is 1. The van der Waals surface area contributed by atoms with Gasteiger partial charge in [-0.05, 0) is 30.5 Å². The molecule has 0 unspecified atom stereocenters. The molecule has 1 spiro atoms. The highest BCUT2D eigenvalue weighted by molar-refractivity contribution is 5.94. The second-order valence-electron chi connectivity index (χ2n) is 6.86. The maximum absolute atomic E-state index is 12.7. The van der Waals surface area contributed by atoms with Crippen LogP contribution in [0.5, 0.6) is 0 Å². The standard InChI is InChI=1S/C20H21N3O2/c24-18(16-7-4-10-21-13-16)23-11-8-20(9-12-23)17(14-22-19(20)25)15-5-2-1-3-6-15/h1-7,10,13,17H,8-9,11-12,14H2,(H,22,25)/t17-/m0/s1. The van der Waals surface area contributed by atoms with Crippen LogP contribution in [0.15, 0.2) is 54.9 Å². The fourth-order valence-electron chi connectivity index (χ4n) is 4.20. The molecule has 1 atom stereocenters.